The van der Waals surface area contributed by atoms with E-state index in [9.17, 15) is 0 Å². The Morgan fingerprint density at radius 1 is 1.20 bits per heavy atom. The molecule has 3 aliphatic rings. The van der Waals surface area contributed by atoms with Gasteiger partial charge in [0.1, 0.15) is 0 Å². The summed E-state index contributed by atoms with van der Waals surface area (Å²) in [5.74, 6) is 0.730. The van der Waals surface area contributed by atoms with E-state index in [1.807, 2.05) is 0 Å². The molecule has 3 nitrogen and oxygen atoms in total. The van der Waals surface area contributed by atoms with Crippen LogP contribution in [0.25, 0.3) is 0 Å². The summed E-state index contributed by atoms with van der Waals surface area (Å²) in [4.78, 5) is 0. The van der Waals surface area contributed by atoms with Crippen molar-refractivity contribution >= 4 is 0 Å². The van der Waals surface area contributed by atoms with Gasteiger partial charge in [-0.3, -0.25) is 0 Å². The molecule has 15 heavy (non-hydrogen) atoms. The molecule has 86 valence electrons. The molecule has 0 bridgehead atoms. The first kappa shape index (κ1) is 10.1. The average molecular weight is 211 g/mol. The van der Waals surface area contributed by atoms with Crippen molar-refractivity contribution in [3.05, 3.63) is 0 Å². The van der Waals surface area contributed by atoms with Crippen molar-refractivity contribution < 1.29 is 9.47 Å². The fraction of sp³-hybridized carbons (Fsp3) is 1.00. The maximum absolute atomic E-state index is 5.73. The lowest BCUT2D eigenvalue weighted by Gasteiger charge is -2.23. The summed E-state index contributed by atoms with van der Waals surface area (Å²) in [5, 5.41) is 3.73. The van der Waals surface area contributed by atoms with Crippen LogP contribution in [-0.4, -0.2) is 31.1 Å². The topological polar surface area (TPSA) is 30.5 Å². The molecule has 3 rings (SSSR count). The van der Waals surface area contributed by atoms with Crippen LogP contribution >= 0.6 is 0 Å². The minimum Gasteiger partial charge on any atom is -0.347 e. The minimum atomic E-state index is -0.207. The van der Waals surface area contributed by atoms with Gasteiger partial charge >= 0.3 is 0 Å². The van der Waals surface area contributed by atoms with E-state index < -0.39 is 0 Å². The van der Waals surface area contributed by atoms with Crippen molar-refractivity contribution in [1.29, 1.82) is 0 Å². The van der Waals surface area contributed by atoms with E-state index in [0.29, 0.717) is 12.1 Å². The van der Waals surface area contributed by atoms with Gasteiger partial charge in [-0.25, -0.2) is 0 Å². The Labute approximate surface area is 91.5 Å². The molecule has 2 aliphatic carbocycles. The van der Waals surface area contributed by atoms with Crippen LogP contribution in [0.15, 0.2) is 0 Å². The molecule has 0 aromatic heterocycles. The molecule has 3 fully saturated rings. The average Bonchev–Trinajstić information content (AvgIpc) is 2.89. The number of hydrogen-bond donors (Lipinski definition) is 1. The molecule has 1 aliphatic heterocycles. The molecule has 1 saturated heterocycles. The molecular formula is C12H21NO2. The van der Waals surface area contributed by atoms with Crippen molar-refractivity contribution in [3.63, 3.8) is 0 Å². The maximum Gasteiger partial charge on any atom is 0.170 e. The summed E-state index contributed by atoms with van der Waals surface area (Å²) in [6.07, 6.45) is 6.15. The van der Waals surface area contributed by atoms with Crippen molar-refractivity contribution in [2.45, 2.75) is 56.9 Å². The zero-order valence-electron chi connectivity index (χ0n) is 9.50. The normalized spacial score (nSPS) is 36.2. The Kier molecular flexibility index (Phi) is 2.49. The van der Waals surface area contributed by atoms with Crippen LogP contribution in [0.5, 0.6) is 0 Å². The first-order chi connectivity index (χ1) is 7.27. The van der Waals surface area contributed by atoms with E-state index in [-0.39, 0.29) is 5.79 Å². The third-order valence-electron chi connectivity index (χ3n) is 4.07. The fourth-order valence-corrected chi connectivity index (χ4v) is 2.98. The van der Waals surface area contributed by atoms with Gasteiger partial charge in [-0.1, -0.05) is 0 Å². The van der Waals surface area contributed by atoms with Gasteiger partial charge in [-0.05, 0) is 32.1 Å². The molecule has 1 heterocycles. The second kappa shape index (κ2) is 3.72. The second-order valence-corrected chi connectivity index (χ2v) is 5.34. The second-order valence-electron chi connectivity index (χ2n) is 5.34. The van der Waals surface area contributed by atoms with Crippen LogP contribution in [0.1, 0.15) is 39.0 Å². The summed E-state index contributed by atoms with van der Waals surface area (Å²) >= 11 is 0. The maximum atomic E-state index is 5.73. The minimum absolute atomic E-state index is 0.207. The molecule has 0 amide bonds. The zero-order valence-corrected chi connectivity index (χ0v) is 9.50. The summed E-state index contributed by atoms with van der Waals surface area (Å²) in [5.41, 5.74) is 0. The Balaban J connectivity index is 1.52. The van der Waals surface area contributed by atoms with Crippen LogP contribution in [0, 0.1) is 5.92 Å². The van der Waals surface area contributed by atoms with Crippen LogP contribution in [0.3, 0.4) is 0 Å². The summed E-state index contributed by atoms with van der Waals surface area (Å²) < 4.78 is 11.5. The first-order valence-corrected chi connectivity index (χ1v) is 6.31. The van der Waals surface area contributed by atoms with Crippen molar-refractivity contribution in [2.75, 3.05) is 13.2 Å². The Morgan fingerprint density at radius 2 is 1.93 bits per heavy atom. The molecular weight excluding hydrogens is 190 g/mol. The van der Waals surface area contributed by atoms with Crippen molar-refractivity contribution in [1.82, 2.24) is 5.32 Å². The molecule has 2 saturated carbocycles. The highest BCUT2D eigenvalue weighted by Crippen LogP contribution is 2.39. The standard InChI is InChI=1S/C12H21NO2/c1-9(10-2-3-10)13-11-4-5-12(8-11)14-6-7-15-12/h9-11,13H,2-8H2,1H3. The Hall–Kier alpha value is -0.120. The van der Waals surface area contributed by atoms with Crippen molar-refractivity contribution in [3.8, 4) is 0 Å². The predicted octanol–water partition coefficient (Wildman–Crippen LogP) is 1.67. The third kappa shape index (κ3) is 2.05. The molecule has 2 atom stereocenters. The van der Waals surface area contributed by atoms with Gasteiger partial charge in [0.05, 0.1) is 13.2 Å². The van der Waals surface area contributed by atoms with Gasteiger partial charge in [-0.15, -0.1) is 0 Å². The predicted molar refractivity (Wildman–Crippen MR) is 57.6 cm³/mol. The van der Waals surface area contributed by atoms with E-state index in [1.165, 1.54) is 19.3 Å². The molecule has 1 N–H and O–H groups in total. The summed E-state index contributed by atoms with van der Waals surface area (Å²) in [6, 6.07) is 1.30. The van der Waals surface area contributed by atoms with Gasteiger partial charge < -0.3 is 14.8 Å². The van der Waals surface area contributed by atoms with Gasteiger partial charge in [-0.2, -0.15) is 0 Å². The van der Waals surface area contributed by atoms with Gasteiger partial charge in [0.15, 0.2) is 5.79 Å². The highest BCUT2D eigenvalue weighted by atomic mass is 16.7. The Bertz CT molecular complexity index is 234. The van der Waals surface area contributed by atoms with Crippen LogP contribution in [-0.2, 0) is 9.47 Å². The van der Waals surface area contributed by atoms with E-state index in [4.69, 9.17) is 9.47 Å². The molecule has 2 unspecified atom stereocenters. The molecule has 0 radical (unpaired) electrons. The van der Waals surface area contributed by atoms with E-state index >= 15 is 0 Å². The van der Waals surface area contributed by atoms with Gasteiger partial charge in [0.2, 0.25) is 0 Å². The molecule has 0 aromatic carbocycles. The first-order valence-electron chi connectivity index (χ1n) is 6.31. The number of nitrogens with one attached hydrogen (secondary N) is 1. The largest absolute Gasteiger partial charge is 0.347 e. The molecule has 3 heteroatoms. The lowest BCUT2D eigenvalue weighted by molar-refractivity contribution is -0.151. The third-order valence-corrected chi connectivity index (χ3v) is 4.07. The van der Waals surface area contributed by atoms with Crippen molar-refractivity contribution in [2.24, 2.45) is 5.92 Å². The zero-order chi connectivity index (χ0) is 10.3. The fourth-order valence-electron chi connectivity index (χ4n) is 2.98. The molecule has 1 spiro atoms. The van der Waals surface area contributed by atoms with E-state index in [2.05, 4.69) is 12.2 Å². The highest BCUT2D eigenvalue weighted by Gasteiger charge is 2.44. The lowest BCUT2D eigenvalue weighted by Crippen LogP contribution is -2.38. The molecule has 0 aromatic rings. The number of rotatable bonds is 3. The van der Waals surface area contributed by atoms with E-state index in [1.54, 1.807) is 0 Å². The number of ether oxygens (including phenoxy) is 2. The van der Waals surface area contributed by atoms with Crippen LogP contribution in [0.2, 0.25) is 0 Å². The van der Waals surface area contributed by atoms with Gasteiger partial charge in [0, 0.05) is 24.9 Å². The Morgan fingerprint density at radius 3 is 2.60 bits per heavy atom. The van der Waals surface area contributed by atoms with Crippen LogP contribution in [0.4, 0.5) is 0 Å². The SMILES string of the molecule is CC(NC1CCC2(C1)OCCO2)C1CC1. The quantitative estimate of drug-likeness (QED) is 0.770. The highest BCUT2D eigenvalue weighted by molar-refractivity contribution is 4.93. The van der Waals surface area contributed by atoms with Crippen LogP contribution < -0.4 is 5.32 Å². The smallest absolute Gasteiger partial charge is 0.170 e. The lowest BCUT2D eigenvalue weighted by atomic mass is 10.1. The van der Waals surface area contributed by atoms with E-state index in [0.717, 1.165) is 32.0 Å². The monoisotopic (exact) mass is 211 g/mol. The number of hydrogen-bond acceptors (Lipinski definition) is 3. The van der Waals surface area contributed by atoms with Gasteiger partial charge in [0.25, 0.3) is 0 Å². The summed E-state index contributed by atoms with van der Waals surface area (Å²) in [7, 11) is 0. The summed E-state index contributed by atoms with van der Waals surface area (Å²) in [6.45, 7) is 3.88.